The van der Waals surface area contributed by atoms with Gasteiger partial charge in [-0.3, -0.25) is 14.5 Å². The lowest BCUT2D eigenvalue weighted by Crippen LogP contribution is -2.54. The molecular formula is C37H45N3O5. The Hall–Kier alpha value is -4.46. The molecule has 0 saturated carbocycles. The molecular weight excluding hydrogens is 566 g/mol. The van der Waals surface area contributed by atoms with E-state index in [0.29, 0.717) is 25.8 Å². The number of nitrogens with one attached hydrogen (secondary N) is 1. The standard InChI is InChI=1S/C36H43N3O4.CH2O/c1-5-29-21-26-15-9-10-17-28(26)24-38(29)34(41)31(20-19-25-13-7-6-8-14-25)37-33(40)23-30-22-27-16-11-12-18-32(27)39(30)35(42)43-36(2,3)4;1-2/h6-18,29-31H,5,19-24H2,1-4H3,(H,37,40);1H2/t29-,30?,31?;/m0./s1. The van der Waals surface area contributed by atoms with Gasteiger partial charge in [-0.15, -0.1) is 0 Å². The molecule has 3 aromatic carbocycles. The van der Waals surface area contributed by atoms with E-state index in [1.807, 2.05) is 99.2 Å². The summed E-state index contributed by atoms with van der Waals surface area (Å²) in [5.74, 6) is -0.299. The first-order valence-corrected chi connectivity index (χ1v) is 15.7. The number of nitrogens with zero attached hydrogens (tertiary/aromatic N) is 2. The molecule has 3 atom stereocenters. The molecule has 45 heavy (non-hydrogen) atoms. The summed E-state index contributed by atoms with van der Waals surface area (Å²) >= 11 is 0. The minimum atomic E-state index is -0.675. The van der Waals surface area contributed by atoms with Crippen molar-refractivity contribution in [3.8, 4) is 0 Å². The van der Waals surface area contributed by atoms with Crippen molar-refractivity contribution >= 4 is 30.4 Å². The number of hydrogen-bond donors (Lipinski definition) is 1. The smallest absolute Gasteiger partial charge is 0.415 e. The Labute approximate surface area is 266 Å². The molecule has 0 saturated heterocycles. The van der Waals surface area contributed by atoms with Crippen molar-refractivity contribution in [2.24, 2.45) is 0 Å². The van der Waals surface area contributed by atoms with Gasteiger partial charge >= 0.3 is 6.09 Å². The maximum Gasteiger partial charge on any atom is 0.415 e. The summed E-state index contributed by atoms with van der Waals surface area (Å²) in [5.41, 5.74) is 4.66. The maximum absolute atomic E-state index is 14.2. The van der Waals surface area contributed by atoms with Gasteiger partial charge in [0.15, 0.2) is 0 Å². The van der Waals surface area contributed by atoms with E-state index in [9.17, 15) is 14.4 Å². The highest BCUT2D eigenvalue weighted by Crippen LogP contribution is 2.35. The molecule has 0 fully saturated rings. The molecule has 8 heteroatoms. The van der Waals surface area contributed by atoms with Crippen molar-refractivity contribution < 1.29 is 23.9 Å². The normalized spacial score (nSPS) is 17.7. The third kappa shape index (κ3) is 8.38. The van der Waals surface area contributed by atoms with Crippen LogP contribution in [0.25, 0.3) is 0 Å². The van der Waals surface area contributed by atoms with Gasteiger partial charge in [-0.05, 0) is 81.2 Å². The summed E-state index contributed by atoms with van der Waals surface area (Å²) < 4.78 is 5.72. The van der Waals surface area contributed by atoms with Crippen molar-refractivity contribution in [2.75, 3.05) is 4.90 Å². The molecule has 0 aliphatic carbocycles. The number of hydrogen-bond acceptors (Lipinski definition) is 5. The zero-order valence-corrected chi connectivity index (χ0v) is 26.8. The van der Waals surface area contributed by atoms with Crippen LogP contribution in [0.5, 0.6) is 0 Å². The van der Waals surface area contributed by atoms with Crippen LogP contribution in [0.15, 0.2) is 78.9 Å². The average Bonchev–Trinajstić information content (AvgIpc) is 3.40. The Morgan fingerprint density at radius 2 is 1.47 bits per heavy atom. The van der Waals surface area contributed by atoms with Crippen molar-refractivity contribution in [1.82, 2.24) is 10.2 Å². The fourth-order valence-electron chi connectivity index (χ4n) is 6.27. The van der Waals surface area contributed by atoms with Crippen LogP contribution in [0.3, 0.4) is 0 Å². The number of carbonyl (C=O) groups is 4. The third-order valence-corrected chi connectivity index (χ3v) is 8.39. The van der Waals surface area contributed by atoms with E-state index in [1.54, 1.807) is 4.90 Å². The molecule has 0 aromatic heterocycles. The van der Waals surface area contributed by atoms with Crippen LogP contribution in [-0.4, -0.2) is 53.3 Å². The number of carbonyl (C=O) groups excluding carboxylic acids is 4. The van der Waals surface area contributed by atoms with Gasteiger partial charge in [0.2, 0.25) is 11.8 Å². The summed E-state index contributed by atoms with van der Waals surface area (Å²) in [6, 6.07) is 25.0. The Balaban J connectivity index is 0.00000226. The number of amides is 3. The lowest BCUT2D eigenvalue weighted by molar-refractivity contribution is -0.140. The summed E-state index contributed by atoms with van der Waals surface area (Å²) in [6.07, 6.45) is 2.95. The second-order valence-corrected chi connectivity index (χ2v) is 12.7. The zero-order valence-electron chi connectivity index (χ0n) is 26.8. The third-order valence-electron chi connectivity index (χ3n) is 8.39. The lowest BCUT2D eigenvalue weighted by atomic mass is 9.91. The van der Waals surface area contributed by atoms with Gasteiger partial charge in [0.1, 0.15) is 18.4 Å². The first-order chi connectivity index (χ1) is 21.6. The number of benzene rings is 3. The quantitative estimate of drug-likeness (QED) is 0.335. The van der Waals surface area contributed by atoms with Gasteiger partial charge in [-0.2, -0.15) is 0 Å². The second kappa shape index (κ2) is 15.0. The van der Waals surface area contributed by atoms with Crippen molar-refractivity contribution in [3.63, 3.8) is 0 Å². The molecule has 2 aliphatic heterocycles. The van der Waals surface area contributed by atoms with E-state index >= 15 is 0 Å². The molecule has 2 unspecified atom stereocenters. The highest BCUT2D eigenvalue weighted by Gasteiger charge is 2.39. The largest absolute Gasteiger partial charge is 0.443 e. The first-order valence-electron chi connectivity index (χ1n) is 15.7. The zero-order chi connectivity index (χ0) is 32.6. The fourth-order valence-corrected chi connectivity index (χ4v) is 6.27. The Kier molecular flexibility index (Phi) is 11.2. The van der Waals surface area contributed by atoms with E-state index in [2.05, 4.69) is 24.4 Å². The molecule has 8 nitrogen and oxygen atoms in total. The fraction of sp³-hybridized carbons (Fsp3) is 0.405. The minimum Gasteiger partial charge on any atom is -0.443 e. The predicted octanol–water partition coefficient (Wildman–Crippen LogP) is 6.04. The van der Waals surface area contributed by atoms with Gasteiger partial charge < -0.3 is 19.7 Å². The average molecular weight is 612 g/mol. The van der Waals surface area contributed by atoms with Crippen LogP contribution in [0.1, 0.15) is 69.2 Å². The van der Waals surface area contributed by atoms with Crippen LogP contribution in [-0.2, 0) is 44.9 Å². The minimum absolute atomic E-state index is 0.0515. The molecule has 1 N–H and O–H groups in total. The highest BCUT2D eigenvalue weighted by atomic mass is 16.6. The highest BCUT2D eigenvalue weighted by molar-refractivity contribution is 5.94. The van der Waals surface area contributed by atoms with Gasteiger partial charge in [-0.1, -0.05) is 79.7 Å². The Morgan fingerprint density at radius 3 is 2.13 bits per heavy atom. The predicted molar refractivity (Wildman–Crippen MR) is 176 cm³/mol. The van der Waals surface area contributed by atoms with Gasteiger partial charge in [0, 0.05) is 19.0 Å². The number of anilines is 1. The van der Waals surface area contributed by atoms with Crippen LogP contribution in [0.2, 0.25) is 0 Å². The van der Waals surface area contributed by atoms with Crippen molar-refractivity contribution in [1.29, 1.82) is 0 Å². The summed E-state index contributed by atoms with van der Waals surface area (Å²) in [4.78, 5) is 52.8. The molecule has 2 aliphatic rings. The molecule has 238 valence electrons. The second-order valence-electron chi connectivity index (χ2n) is 12.7. The van der Waals surface area contributed by atoms with Gasteiger partial charge in [0.05, 0.1) is 11.7 Å². The van der Waals surface area contributed by atoms with Crippen LogP contribution >= 0.6 is 0 Å². The topological polar surface area (TPSA) is 96.0 Å². The summed E-state index contributed by atoms with van der Waals surface area (Å²) in [6.45, 7) is 10.1. The monoisotopic (exact) mass is 611 g/mol. The number of ether oxygens (including phenoxy) is 1. The summed E-state index contributed by atoms with van der Waals surface area (Å²) in [5, 5.41) is 3.11. The lowest BCUT2D eigenvalue weighted by Gasteiger charge is -2.39. The summed E-state index contributed by atoms with van der Waals surface area (Å²) in [7, 11) is 0. The molecule has 0 bridgehead atoms. The number of rotatable bonds is 8. The van der Waals surface area contributed by atoms with E-state index < -0.39 is 23.8 Å². The van der Waals surface area contributed by atoms with E-state index in [4.69, 9.17) is 9.53 Å². The first kappa shape index (κ1) is 33.4. The van der Waals surface area contributed by atoms with Crippen molar-refractivity contribution in [3.05, 3.63) is 101 Å². The van der Waals surface area contributed by atoms with E-state index in [-0.39, 0.29) is 24.3 Å². The number of para-hydroxylation sites is 1. The Bertz CT molecular complexity index is 1470. The van der Waals surface area contributed by atoms with Crippen molar-refractivity contribution in [2.45, 2.75) is 96.5 Å². The molecule has 0 radical (unpaired) electrons. The maximum atomic E-state index is 14.2. The van der Waals surface area contributed by atoms with E-state index in [1.165, 1.54) is 5.56 Å². The molecule has 5 rings (SSSR count). The van der Waals surface area contributed by atoms with Crippen LogP contribution < -0.4 is 10.2 Å². The number of fused-ring (bicyclic) bond motifs is 2. The molecule has 2 heterocycles. The van der Waals surface area contributed by atoms with Crippen LogP contribution in [0, 0.1) is 0 Å². The number of aryl methyl sites for hydroxylation is 1. The molecule has 3 amide bonds. The van der Waals surface area contributed by atoms with E-state index in [0.717, 1.165) is 35.2 Å². The molecule has 0 spiro atoms. The Morgan fingerprint density at radius 1 is 0.867 bits per heavy atom. The SMILES string of the molecule is C=O.CC[C@H]1Cc2ccccc2CN1C(=O)C(CCc1ccccc1)NC(=O)CC1Cc2ccccc2N1C(=O)OC(C)(C)C. The van der Waals surface area contributed by atoms with Gasteiger partial charge in [0.25, 0.3) is 0 Å². The van der Waals surface area contributed by atoms with Crippen LogP contribution in [0.4, 0.5) is 10.5 Å². The molecule has 3 aromatic rings. The van der Waals surface area contributed by atoms with Gasteiger partial charge in [-0.25, -0.2) is 4.79 Å².